The zero-order chi connectivity index (χ0) is 34.1. The van der Waals surface area contributed by atoms with Crippen molar-refractivity contribution in [2.75, 3.05) is 38.1 Å². The molecule has 8 nitrogen and oxygen atoms in total. The van der Waals surface area contributed by atoms with E-state index in [1.807, 2.05) is 25.1 Å². The predicted molar refractivity (Wildman–Crippen MR) is 192 cm³/mol. The van der Waals surface area contributed by atoms with Crippen LogP contribution in [0.15, 0.2) is 36.4 Å². The minimum Gasteiger partial charge on any atom is -0.487 e. The number of aryl methyl sites for hydroxylation is 1. The molecule has 264 valence electrons. The monoisotopic (exact) mass is 699 g/mol. The highest BCUT2D eigenvalue weighted by Gasteiger charge is 2.48. The second-order valence-electron chi connectivity index (χ2n) is 15.4. The lowest BCUT2D eigenvalue weighted by atomic mass is 9.60. The first-order chi connectivity index (χ1) is 22.9. The second-order valence-corrected chi connectivity index (χ2v) is 17.8. The summed E-state index contributed by atoms with van der Waals surface area (Å²) in [6.07, 6.45) is 10.0. The molecule has 2 N–H and O–H groups in total. The van der Waals surface area contributed by atoms with Crippen molar-refractivity contribution in [1.82, 2.24) is 9.62 Å². The molecule has 3 aliphatic heterocycles. The fourth-order valence-electron chi connectivity index (χ4n) is 8.79. The summed E-state index contributed by atoms with van der Waals surface area (Å²) in [5, 5.41) is 12.6. The molecule has 2 fully saturated rings. The van der Waals surface area contributed by atoms with Gasteiger partial charge in [0.2, 0.25) is 10.0 Å². The van der Waals surface area contributed by atoms with Gasteiger partial charge in [-0.05, 0) is 150 Å². The van der Waals surface area contributed by atoms with Gasteiger partial charge in [-0.15, -0.1) is 0 Å². The molecule has 2 aromatic carbocycles. The lowest BCUT2D eigenvalue weighted by molar-refractivity contribution is -0.106. The first kappa shape index (κ1) is 35.5. The maximum atomic E-state index is 13.5. The van der Waals surface area contributed by atoms with Crippen molar-refractivity contribution in [3.8, 4) is 5.75 Å². The van der Waals surface area contributed by atoms with Gasteiger partial charge in [-0.1, -0.05) is 31.0 Å². The van der Waals surface area contributed by atoms with Gasteiger partial charge in [0.05, 0.1) is 16.5 Å². The molecule has 2 aromatic rings. The Labute approximate surface area is 292 Å². The number of carbonyl (C=O) groups is 1. The van der Waals surface area contributed by atoms with Crippen LogP contribution in [0, 0.1) is 23.7 Å². The minimum atomic E-state index is -3.93. The third-order valence-corrected chi connectivity index (χ3v) is 14.1. The zero-order valence-electron chi connectivity index (χ0n) is 28.9. The van der Waals surface area contributed by atoms with Crippen molar-refractivity contribution in [2.45, 2.75) is 102 Å². The number of ether oxygens (including phenoxy) is 1. The molecule has 1 aliphatic carbocycles. The number of amides is 1. The van der Waals surface area contributed by atoms with Crippen LogP contribution in [0.4, 0.5) is 5.69 Å². The van der Waals surface area contributed by atoms with E-state index in [1.165, 1.54) is 5.56 Å². The van der Waals surface area contributed by atoms with Gasteiger partial charge in [0.15, 0.2) is 0 Å². The summed E-state index contributed by atoms with van der Waals surface area (Å²) in [6.45, 7) is 7.63. The smallest absolute Gasteiger partial charge is 0.264 e. The molecule has 3 heterocycles. The summed E-state index contributed by atoms with van der Waals surface area (Å²) in [7, 11) is -1.74. The number of hydrogen-bond donors (Lipinski definition) is 2. The van der Waals surface area contributed by atoms with Crippen molar-refractivity contribution in [3.63, 3.8) is 0 Å². The quantitative estimate of drug-likeness (QED) is 0.355. The molecule has 1 saturated heterocycles. The van der Waals surface area contributed by atoms with Crippen LogP contribution in [0.2, 0.25) is 5.02 Å². The van der Waals surface area contributed by atoms with Gasteiger partial charge in [0.25, 0.3) is 5.91 Å². The minimum absolute atomic E-state index is 0.167. The summed E-state index contributed by atoms with van der Waals surface area (Å²) >= 11 is 6.37. The molecular weight excluding hydrogens is 646 g/mol. The van der Waals surface area contributed by atoms with E-state index in [9.17, 15) is 18.3 Å². The SMILES string of the molecule is C[C@@H]1[C@@H](C)CCC[C@@](O)(C[C@H]2CCCN(C)C2)[C@@H]2CC[C@H]2CN2CCCCc3cc(Cl)ccc3COc3ccc(cc32)C(=O)NS1(=O)=O. The molecule has 6 rings (SSSR count). The fourth-order valence-corrected chi connectivity index (χ4v) is 10.3. The predicted octanol–water partition coefficient (Wildman–Crippen LogP) is 6.82. The number of fused-ring (bicyclic) bond motifs is 3. The van der Waals surface area contributed by atoms with Gasteiger partial charge in [0.1, 0.15) is 12.4 Å². The highest BCUT2D eigenvalue weighted by Crippen LogP contribution is 2.49. The Bertz CT molecular complexity index is 1570. The number of likely N-dealkylation sites (tertiary alicyclic amines) is 1. The highest BCUT2D eigenvalue weighted by atomic mass is 35.5. The summed E-state index contributed by atoms with van der Waals surface area (Å²) in [5.41, 5.74) is 2.57. The molecular formula is C38H54ClN3O5S. The molecule has 0 aromatic heterocycles. The van der Waals surface area contributed by atoms with Gasteiger partial charge in [0, 0.05) is 30.2 Å². The zero-order valence-corrected chi connectivity index (χ0v) is 30.5. The van der Waals surface area contributed by atoms with Crippen LogP contribution in [0.25, 0.3) is 0 Å². The van der Waals surface area contributed by atoms with E-state index >= 15 is 0 Å². The normalized spacial score (nSPS) is 32.0. The van der Waals surface area contributed by atoms with Crippen LogP contribution in [0.3, 0.4) is 0 Å². The Morgan fingerprint density at radius 1 is 0.979 bits per heavy atom. The van der Waals surface area contributed by atoms with E-state index < -0.39 is 26.8 Å². The Kier molecular flexibility index (Phi) is 11.0. The van der Waals surface area contributed by atoms with Gasteiger partial charge in [-0.25, -0.2) is 13.1 Å². The van der Waals surface area contributed by atoms with E-state index in [0.717, 1.165) is 95.2 Å². The third-order valence-electron chi connectivity index (χ3n) is 12.0. The molecule has 4 aliphatic rings. The molecule has 1 saturated carbocycles. The number of piperidine rings is 1. The van der Waals surface area contributed by atoms with Gasteiger partial charge in [-0.3, -0.25) is 4.79 Å². The van der Waals surface area contributed by atoms with Gasteiger partial charge < -0.3 is 19.6 Å². The standard InChI is InChI=1S/C38H54ClN3O5S/c1-26-8-6-17-38(44,22-28-9-7-18-41(3)23-28)34-15-12-31(34)24-42-19-5-4-10-29-20-33(39)14-11-32(29)25-47-36-16-13-30(21-35(36)42)37(43)40-48(45,46)27(26)2/h11,13-14,16,20-21,26-28,31,34,44H,4-10,12,15,17-19,22-25H2,1-3H3,(H,40,43)/t26-,27+,28+,31-,34+,38+/m0/s1. The average Bonchev–Trinajstić information content (AvgIpc) is 3.05. The number of nitrogens with one attached hydrogen (secondary N) is 1. The number of rotatable bonds is 2. The van der Waals surface area contributed by atoms with Crippen molar-refractivity contribution >= 4 is 33.2 Å². The summed E-state index contributed by atoms with van der Waals surface area (Å²) in [5.74, 6) is 0.821. The lowest BCUT2D eigenvalue weighted by Gasteiger charge is -2.51. The van der Waals surface area contributed by atoms with Crippen LogP contribution < -0.4 is 14.4 Å². The lowest BCUT2D eigenvalue weighted by Crippen LogP contribution is -2.52. The number of aliphatic hydroxyl groups is 1. The van der Waals surface area contributed by atoms with E-state index in [4.69, 9.17) is 16.3 Å². The van der Waals surface area contributed by atoms with Crippen molar-refractivity contribution < 1.29 is 23.1 Å². The molecule has 48 heavy (non-hydrogen) atoms. The Morgan fingerprint density at radius 2 is 1.81 bits per heavy atom. The molecule has 0 radical (unpaired) electrons. The molecule has 10 heteroatoms. The largest absolute Gasteiger partial charge is 0.487 e. The number of carbonyl (C=O) groups excluding carboxylic acids is 1. The molecule has 2 bridgehead atoms. The van der Waals surface area contributed by atoms with Crippen LogP contribution in [0.1, 0.15) is 99.5 Å². The average molecular weight is 700 g/mol. The van der Waals surface area contributed by atoms with Crippen molar-refractivity contribution in [3.05, 3.63) is 58.1 Å². The van der Waals surface area contributed by atoms with Gasteiger partial charge in [-0.2, -0.15) is 0 Å². The number of nitrogens with zero attached hydrogens (tertiary/aromatic N) is 2. The molecule has 1 amide bonds. The molecule has 6 atom stereocenters. The van der Waals surface area contributed by atoms with Crippen molar-refractivity contribution in [2.24, 2.45) is 23.7 Å². The van der Waals surface area contributed by atoms with Crippen LogP contribution in [-0.2, 0) is 23.1 Å². The molecule has 0 spiro atoms. The topological polar surface area (TPSA) is 99.2 Å². The number of sulfonamides is 1. The number of hydrogen-bond acceptors (Lipinski definition) is 7. The van der Waals surface area contributed by atoms with E-state index in [-0.39, 0.29) is 11.8 Å². The first-order valence-electron chi connectivity index (χ1n) is 18.2. The van der Waals surface area contributed by atoms with E-state index in [1.54, 1.807) is 25.1 Å². The van der Waals surface area contributed by atoms with E-state index in [0.29, 0.717) is 47.6 Å². The summed E-state index contributed by atoms with van der Waals surface area (Å²) in [6, 6.07) is 11.2. The van der Waals surface area contributed by atoms with E-state index in [2.05, 4.69) is 21.6 Å². The van der Waals surface area contributed by atoms with Gasteiger partial charge >= 0.3 is 0 Å². The fraction of sp³-hybridized carbons (Fsp3) is 0.658. The Hall–Kier alpha value is -2.33. The molecule has 0 unspecified atom stereocenters. The number of anilines is 1. The third kappa shape index (κ3) is 8.00. The first-order valence-corrected chi connectivity index (χ1v) is 20.1. The van der Waals surface area contributed by atoms with Crippen LogP contribution in [-0.4, -0.2) is 68.4 Å². The highest BCUT2D eigenvalue weighted by molar-refractivity contribution is 7.90. The maximum Gasteiger partial charge on any atom is 0.264 e. The Morgan fingerprint density at radius 3 is 2.58 bits per heavy atom. The number of halogens is 1. The second kappa shape index (κ2) is 14.9. The Balaban J connectivity index is 1.37. The maximum absolute atomic E-state index is 13.5. The van der Waals surface area contributed by atoms with Crippen LogP contribution >= 0.6 is 11.6 Å². The van der Waals surface area contributed by atoms with Crippen LogP contribution in [0.5, 0.6) is 5.75 Å². The van der Waals surface area contributed by atoms with Crippen molar-refractivity contribution in [1.29, 1.82) is 0 Å². The number of benzene rings is 2. The summed E-state index contributed by atoms with van der Waals surface area (Å²) in [4.78, 5) is 18.2. The summed E-state index contributed by atoms with van der Waals surface area (Å²) < 4.78 is 35.8.